The van der Waals surface area contributed by atoms with Gasteiger partial charge >= 0.3 is 5.97 Å². The summed E-state index contributed by atoms with van der Waals surface area (Å²) in [4.78, 5) is 10.7. The normalized spacial score (nSPS) is 11.9. The predicted octanol–water partition coefficient (Wildman–Crippen LogP) is 2.17. The summed E-state index contributed by atoms with van der Waals surface area (Å²) in [6.45, 7) is 5.63. The summed E-state index contributed by atoms with van der Waals surface area (Å²) in [7, 11) is 0. The van der Waals surface area contributed by atoms with E-state index in [-0.39, 0.29) is 5.92 Å². The summed E-state index contributed by atoms with van der Waals surface area (Å²) in [5, 5.41) is 8.76. The summed E-state index contributed by atoms with van der Waals surface area (Å²) >= 11 is 0. The van der Waals surface area contributed by atoms with Gasteiger partial charge in [-0.3, -0.25) is 4.79 Å². The van der Waals surface area contributed by atoms with Crippen LogP contribution in [0.3, 0.4) is 0 Å². The van der Waals surface area contributed by atoms with Gasteiger partial charge in [0.1, 0.15) is 0 Å². The van der Waals surface area contributed by atoms with Crippen LogP contribution in [0.15, 0.2) is 6.07 Å². The zero-order valence-electron chi connectivity index (χ0n) is 8.72. The van der Waals surface area contributed by atoms with Gasteiger partial charge in [-0.2, -0.15) is 0 Å². The lowest BCUT2D eigenvalue weighted by Gasteiger charge is -2.06. The molecule has 1 atom stereocenters. The Kier molecular flexibility index (Phi) is 3.14. The second kappa shape index (κ2) is 4.15. The van der Waals surface area contributed by atoms with E-state index in [2.05, 4.69) is 12.1 Å². The fourth-order valence-electron chi connectivity index (χ4n) is 1.33. The molecule has 1 aromatic carbocycles. The molecule has 0 aliphatic carbocycles. The van der Waals surface area contributed by atoms with Gasteiger partial charge in [-0.15, -0.1) is 0 Å². The molecule has 74 valence electrons. The molecule has 2 nitrogen and oxygen atoms in total. The molecule has 1 rings (SSSR count). The maximum absolute atomic E-state index is 10.7. The summed E-state index contributed by atoms with van der Waals surface area (Å²) in [6, 6.07) is 7.97. The van der Waals surface area contributed by atoms with Crippen molar-refractivity contribution in [1.29, 1.82) is 0 Å². The lowest BCUT2D eigenvalue weighted by molar-refractivity contribution is -0.141. The molecule has 1 unspecified atom stereocenters. The monoisotopic (exact) mass is 190 g/mol. The molecule has 0 aliphatic rings. The fourth-order valence-corrected chi connectivity index (χ4v) is 1.33. The van der Waals surface area contributed by atoms with Crippen molar-refractivity contribution in [3.8, 4) is 0 Å². The van der Waals surface area contributed by atoms with Gasteiger partial charge in [0.25, 0.3) is 0 Å². The molecule has 14 heavy (non-hydrogen) atoms. The number of carboxylic acids is 1. The van der Waals surface area contributed by atoms with Gasteiger partial charge in [-0.25, -0.2) is 0 Å². The van der Waals surface area contributed by atoms with E-state index in [0.717, 1.165) is 16.7 Å². The number of aliphatic carboxylic acids is 1. The first-order valence-electron chi connectivity index (χ1n) is 4.63. The minimum atomic E-state index is -0.765. The Morgan fingerprint density at radius 3 is 2.64 bits per heavy atom. The summed E-state index contributed by atoms with van der Waals surface area (Å²) in [5.41, 5.74) is 3.08. The van der Waals surface area contributed by atoms with Crippen molar-refractivity contribution >= 4 is 5.97 Å². The van der Waals surface area contributed by atoms with Crippen LogP contribution in [-0.4, -0.2) is 11.1 Å². The average molecular weight is 190 g/mol. The van der Waals surface area contributed by atoms with Crippen molar-refractivity contribution in [3.63, 3.8) is 0 Å². The Morgan fingerprint density at radius 1 is 1.50 bits per heavy atom. The Labute approximate surface area is 84.6 Å². The highest BCUT2D eigenvalue weighted by Gasteiger charge is 2.12. The van der Waals surface area contributed by atoms with E-state index in [1.807, 2.05) is 19.9 Å². The van der Waals surface area contributed by atoms with Crippen LogP contribution < -0.4 is 0 Å². The molecule has 0 spiro atoms. The van der Waals surface area contributed by atoms with Crippen molar-refractivity contribution in [1.82, 2.24) is 0 Å². The van der Waals surface area contributed by atoms with Crippen LogP contribution in [-0.2, 0) is 11.2 Å². The standard InChI is InChI=1S/C12H14O2/c1-8-4-5-11(9(2)6-8)7-10(3)12(13)14/h6,10H,7H2,1-3H3,(H,13,14). The highest BCUT2D eigenvalue weighted by atomic mass is 16.4. The molecular weight excluding hydrogens is 176 g/mol. The van der Waals surface area contributed by atoms with Crippen molar-refractivity contribution in [2.45, 2.75) is 27.2 Å². The van der Waals surface area contributed by atoms with Crippen LogP contribution in [0, 0.1) is 31.9 Å². The van der Waals surface area contributed by atoms with Gasteiger partial charge in [0.2, 0.25) is 0 Å². The Morgan fingerprint density at radius 2 is 2.14 bits per heavy atom. The lowest BCUT2D eigenvalue weighted by Crippen LogP contribution is -2.12. The van der Waals surface area contributed by atoms with Crippen molar-refractivity contribution in [2.75, 3.05) is 0 Å². The minimum absolute atomic E-state index is 0.360. The topological polar surface area (TPSA) is 37.3 Å². The molecule has 0 aliphatic heterocycles. The maximum atomic E-state index is 10.7. The number of rotatable bonds is 3. The van der Waals surface area contributed by atoms with Crippen molar-refractivity contribution in [2.24, 2.45) is 5.92 Å². The number of carboxylic acid groups (broad SMARTS) is 1. The van der Waals surface area contributed by atoms with Gasteiger partial charge in [0, 0.05) is 5.56 Å². The molecule has 0 amide bonds. The molecular formula is C12H14O2. The molecule has 0 saturated heterocycles. The van der Waals surface area contributed by atoms with Crippen LogP contribution in [0.4, 0.5) is 0 Å². The van der Waals surface area contributed by atoms with E-state index in [1.165, 1.54) is 0 Å². The third-order valence-corrected chi connectivity index (χ3v) is 2.25. The molecule has 1 N–H and O–H groups in total. The van der Waals surface area contributed by atoms with Gasteiger partial charge < -0.3 is 5.11 Å². The SMILES string of the molecule is Cc1c#cc(CC(C)C(=O)O)c(C)c1. The van der Waals surface area contributed by atoms with Gasteiger partial charge in [-0.05, 0) is 37.5 Å². The third kappa shape index (κ3) is 2.50. The highest BCUT2D eigenvalue weighted by molar-refractivity contribution is 5.69. The quantitative estimate of drug-likeness (QED) is 0.793. The average Bonchev–Trinajstić information content (AvgIpc) is 2.09. The van der Waals surface area contributed by atoms with Crippen molar-refractivity contribution in [3.05, 3.63) is 34.9 Å². The van der Waals surface area contributed by atoms with Crippen LogP contribution in [0.5, 0.6) is 0 Å². The largest absolute Gasteiger partial charge is 0.481 e. The molecule has 0 bridgehead atoms. The molecule has 0 saturated carbocycles. The van der Waals surface area contributed by atoms with E-state index < -0.39 is 5.97 Å². The van der Waals surface area contributed by atoms with Gasteiger partial charge in [0.15, 0.2) is 0 Å². The molecule has 2 heteroatoms. The van der Waals surface area contributed by atoms with Gasteiger partial charge in [0.05, 0.1) is 5.92 Å². The fraction of sp³-hybridized carbons (Fsp3) is 0.417. The van der Waals surface area contributed by atoms with E-state index in [0.29, 0.717) is 6.42 Å². The predicted molar refractivity (Wildman–Crippen MR) is 54.1 cm³/mol. The second-order valence-corrected chi connectivity index (χ2v) is 3.68. The summed E-state index contributed by atoms with van der Waals surface area (Å²) in [5.74, 6) is -1.13. The van der Waals surface area contributed by atoms with E-state index in [9.17, 15) is 4.79 Å². The van der Waals surface area contributed by atoms with E-state index in [1.54, 1.807) is 6.92 Å². The Bertz CT molecular complexity index is 342. The number of hydrogen-bond donors (Lipinski definition) is 1. The van der Waals surface area contributed by atoms with E-state index >= 15 is 0 Å². The Hall–Kier alpha value is -1.49. The molecule has 0 fully saturated rings. The first-order valence-corrected chi connectivity index (χ1v) is 4.63. The second-order valence-electron chi connectivity index (χ2n) is 3.68. The van der Waals surface area contributed by atoms with Crippen LogP contribution in [0.25, 0.3) is 0 Å². The Balaban J connectivity index is 2.82. The zero-order valence-corrected chi connectivity index (χ0v) is 8.72. The van der Waals surface area contributed by atoms with Gasteiger partial charge in [-0.1, -0.05) is 19.1 Å². The zero-order chi connectivity index (χ0) is 10.7. The first-order chi connectivity index (χ1) is 6.50. The maximum Gasteiger partial charge on any atom is 0.306 e. The first kappa shape index (κ1) is 10.6. The number of aryl methyl sites for hydroxylation is 2. The summed E-state index contributed by atoms with van der Waals surface area (Å²) < 4.78 is 0. The summed E-state index contributed by atoms with van der Waals surface area (Å²) in [6.07, 6.45) is 0.526. The lowest BCUT2D eigenvalue weighted by atomic mass is 9.98. The van der Waals surface area contributed by atoms with Crippen molar-refractivity contribution < 1.29 is 9.90 Å². The molecule has 0 aromatic heterocycles. The van der Waals surface area contributed by atoms with Crippen LogP contribution in [0.1, 0.15) is 23.6 Å². The highest BCUT2D eigenvalue weighted by Crippen LogP contribution is 2.12. The molecule has 1 aromatic rings. The third-order valence-electron chi connectivity index (χ3n) is 2.25. The van der Waals surface area contributed by atoms with Crippen LogP contribution >= 0.6 is 0 Å². The van der Waals surface area contributed by atoms with Crippen LogP contribution in [0.2, 0.25) is 0 Å². The smallest absolute Gasteiger partial charge is 0.306 e. The molecule has 0 radical (unpaired) electrons. The molecule has 0 heterocycles. The number of hydrogen-bond acceptors (Lipinski definition) is 1. The minimum Gasteiger partial charge on any atom is -0.481 e. The number of carbonyl (C=O) groups is 1. The van der Waals surface area contributed by atoms with E-state index in [4.69, 9.17) is 5.11 Å².